The maximum Gasteiger partial charge on any atom is 0.322 e. The zero-order chi connectivity index (χ0) is 15.9. The summed E-state index contributed by atoms with van der Waals surface area (Å²) in [5, 5.41) is 5.23. The third-order valence-corrected chi connectivity index (χ3v) is 4.07. The molecule has 2 aromatic carbocycles. The highest BCUT2D eigenvalue weighted by atomic mass is 16.2. The minimum atomic E-state index is -1.17. The Balaban J connectivity index is 2.32. The normalized spacial score (nSPS) is 20.7. The summed E-state index contributed by atoms with van der Waals surface area (Å²) in [5.41, 5.74) is 3.47. The van der Waals surface area contributed by atoms with Crippen molar-refractivity contribution in [1.29, 1.82) is 0 Å². The van der Waals surface area contributed by atoms with E-state index in [0.29, 0.717) is 0 Å². The standard InChI is InChI=1S/C18H18N2O2/c1-11-8-12(2)10-14(9-11)18(16(21)19-17(22)20-18)15-7-5-4-6-13(15)3/h4-10H,1-3H3,(H2,19,20,21,22)/t18-/m1/s1. The number of hydrogen-bond donors (Lipinski definition) is 2. The molecule has 0 bridgehead atoms. The quantitative estimate of drug-likeness (QED) is 0.837. The van der Waals surface area contributed by atoms with E-state index in [4.69, 9.17) is 0 Å². The molecule has 1 atom stereocenters. The largest absolute Gasteiger partial charge is 0.322 e. The Morgan fingerprint density at radius 1 is 0.909 bits per heavy atom. The van der Waals surface area contributed by atoms with Crippen molar-refractivity contribution in [2.24, 2.45) is 0 Å². The van der Waals surface area contributed by atoms with Gasteiger partial charge in [-0.05, 0) is 37.5 Å². The average molecular weight is 294 g/mol. The lowest BCUT2D eigenvalue weighted by Gasteiger charge is -2.29. The Morgan fingerprint density at radius 3 is 2.09 bits per heavy atom. The monoisotopic (exact) mass is 294 g/mol. The number of urea groups is 1. The second-order valence-electron chi connectivity index (χ2n) is 5.85. The van der Waals surface area contributed by atoms with E-state index in [9.17, 15) is 9.59 Å². The van der Waals surface area contributed by atoms with Crippen LogP contribution in [0.2, 0.25) is 0 Å². The predicted molar refractivity (Wildman–Crippen MR) is 84.5 cm³/mol. The predicted octanol–water partition coefficient (Wildman–Crippen LogP) is 2.69. The van der Waals surface area contributed by atoms with Crippen LogP contribution >= 0.6 is 0 Å². The first-order valence-corrected chi connectivity index (χ1v) is 7.22. The SMILES string of the molecule is Cc1cc(C)cc([C@]2(c3ccccc3C)NC(=O)NC2=O)c1. The van der Waals surface area contributed by atoms with Crippen molar-refractivity contribution in [2.75, 3.05) is 0 Å². The summed E-state index contributed by atoms with van der Waals surface area (Å²) in [6.07, 6.45) is 0. The molecule has 0 radical (unpaired) electrons. The molecule has 4 nitrogen and oxygen atoms in total. The lowest BCUT2D eigenvalue weighted by molar-refractivity contribution is -0.122. The van der Waals surface area contributed by atoms with Crippen LogP contribution in [0.25, 0.3) is 0 Å². The van der Waals surface area contributed by atoms with Gasteiger partial charge in [-0.25, -0.2) is 4.79 Å². The Morgan fingerprint density at radius 2 is 1.55 bits per heavy atom. The summed E-state index contributed by atoms with van der Waals surface area (Å²) in [6, 6.07) is 13.1. The van der Waals surface area contributed by atoms with E-state index in [2.05, 4.69) is 10.6 Å². The molecule has 2 aromatic rings. The number of rotatable bonds is 2. The molecule has 0 aliphatic carbocycles. The third kappa shape index (κ3) is 2.08. The lowest BCUT2D eigenvalue weighted by atomic mass is 9.79. The first-order chi connectivity index (χ1) is 10.4. The van der Waals surface area contributed by atoms with Crippen molar-refractivity contribution in [3.8, 4) is 0 Å². The second-order valence-corrected chi connectivity index (χ2v) is 5.85. The Kier molecular flexibility index (Phi) is 3.24. The van der Waals surface area contributed by atoms with E-state index in [1.54, 1.807) is 0 Å². The van der Waals surface area contributed by atoms with Gasteiger partial charge in [0.1, 0.15) is 0 Å². The van der Waals surface area contributed by atoms with Crippen molar-refractivity contribution in [2.45, 2.75) is 26.3 Å². The van der Waals surface area contributed by atoms with Gasteiger partial charge in [0, 0.05) is 0 Å². The summed E-state index contributed by atoms with van der Waals surface area (Å²) >= 11 is 0. The summed E-state index contributed by atoms with van der Waals surface area (Å²) in [5.74, 6) is -0.336. The van der Waals surface area contributed by atoms with Crippen molar-refractivity contribution in [3.05, 3.63) is 70.3 Å². The molecule has 1 saturated heterocycles. The van der Waals surface area contributed by atoms with Crippen LogP contribution in [-0.4, -0.2) is 11.9 Å². The third-order valence-electron chi connectivity index (χ3n) is 4.07. The molecule has 0 saturated carbocycles. The molecule has 1 heterocycles. The smallest absolute Gasteiger partial charge is 0.316 e. The number of benzene rings is 2. The van der Waals surface area contributed by atoms with Crippen LogP contribution in [0.5, 0.6) is 0 Å². The van der Waals surface area contributed by atoms with Gasteiger partial charge in [-0.2, -0.15) is 0 Å². The highest BCUT2D eigenvalue weighted by molar-refractivity contribution is 6.09. The summed E-state index contributed by atoms with van der Waals surface area (Å²) < 4.78 is 0. The molecule has 112 valence electrons. The fraction of sp³-hybridized carbons (Fsp3) is 0.222. The molecule has 1 aliphatic rings. The molecule has 0 unspecified atom stereocenters. The molecule has 2 N–H and O–H groups in total. The van der Waals surface area contributed by atoms with Crippen LogP contribution in [0.15, 0.2) is 42.5 Å². The van der Waals surface area contributed by atoms with E-state index >= 15 is 0 Å². The van der Waals surface area contributed by atoms with Gasteiger partial charge in [0.25, 0.3) is 5.91 Å². The van der Waals surface area contributed by atoms with Gasteiger partial charge in [-0.1, -0.05) is 53.6 Å². The van der Waals surface area contributed by atoms with E-state index in [1.807, 2.05) is 63.2 Å². The van der Waals surface area contributed by atoms with Gasteiger partial charge in [-0.3, -0.25) is 10.1 Å². The first-order valence-electron chi connectivity index (χ1n) is 7.22. The van der Waals surface area contributed by atoms with Crippen LogP contribution < -0.4 is 10.6 Å². The van der Waals surface area contributed by atoms with Crippen LogP contribution in [-0.2, 0) is 10.3 Å². The molecular weight excluding hydrogens is 276 g/mol. The van der Waals surface area contributed by atoms with E-state index in [1.165, 1.54) is 0 Å². The second kappa shape index (κ2) is 4.98. The first kappa shape index (κ1) is 14.3. The number of imide groups is 1. The minimum absolute atomic E-state index is 0.336. The number of carbonyl (C=O) groups excluding carboxylic acids is 2. The van der Waals surface area contributed by atoms with Crippen LogP contribution in [0, 0.1) is 20.8 Å². The average Bonchev–Trinajstić information content (AvgIpc) is 2.74. The number of amides is 3. The number of aryl methyl sites for hydroxylation is 3. The van der Waals surface area contributed by atoms with Crippen molar-refractivity contribution >= 4 is 11.9 Å². The van der Waals surface area contributed by atoms with Gasteiger partial charge < -0.3 is 5.32 Å². The van der Waals surface area contributed by atoms with E-state index < -0.39 is 11.6 Å². The van der Waals surface area contributed by atoms with Crippen molar-refractivity contribution in [1.82, 2.24) is 10.6 Å². The zero-order valence-electron chi connectivity index (χ0n) is 12.9. The summed E-state index contributed by atoms with van der Waals surface area (Å²) in [6.45, 7) is 5.91. The van der Waals surface area contributed by atoms with E-state index in [0.717, 1.165) is 27.8 Å². The summed E-state index contributed by atoms with van der Waals surface area (Å²) in [7, 11) is 0. The number of nitrogens with one attached hydrogen (secondary N) is 2. The van der Waals surface area contributed by atoms with Crippen LogP contribution in [0.1, 0.15) is 27.8 Å². The summed E-state index contributed by atoms with van der Waals surface area (Å²) in [4.78, 5) is 24.5. The van der Waals surface area contributed by atoms with Crippen LogP contribution in [0.3, 0.4) is 0 Å². The molecule has 1 aliphatic heterocycles. The minimum Gasteiger partial charge on any atom is -0.316 e. The van der Waals surface area contributed by atoms with Crippen LogP contribution in [0.4, 0.5) is 4.79 Å². The molecule has 22 heavy (non-hydrogen) atoms. The Bertz CT molecular complexity index is 762. The number of carbonyl (C=O) groups is 2. The number of hydrogen-bond acceptors (Lipinski definition) is 2. The zero-order valence-corrected chi connectivity index (χ0v) is 12.9. The Labute approximate surface area is 129 Å². The molecule has 3 rings (SSSR count). The molecule has 0 spiro atoms. The highest BCUT2D eigenvalue weighted by Crippen LogP contribution is 2.35. The topological polar surface area (TPSA) is 58.2 Å². The van der Waals surface area contributed by atoms with Gasteiger partial charge in [0.05, 0.1) is 0 Å². The van der Waals surface area contributed by atoms with Crippen molar-refractivity contribution < 1.29 is 9.59 Å². The van der Waals surface area contributed by atoms with Crippen molar-refractivity contribution in [3.63, 3.8) is 0 Å². The highest BCUT2D eigenvalue weighted by Gasteiger charge is 2.49. The maximum absolute atomic E-state index is 12.7. The fourth-order valence-corrected chi connectivity index (χ4v) is 3.19. The molecule has 3 amide bonds. The Hall–Kier alpha value is -2.62. The molecular formula is C18H18N2O2. The molecule has 0 aromatic heterocycles. The van der Waals surface area contributed by atoms with Gasteiger partial charge in [0.2, 0.25) is 0 Å². The fourth-order valence-electron chi connectivity index (χ4n) is 3.19. The molecule has 1 fully saturated rings. The van der Waals surface area contributed by atoms with Gasteiger partial charge in [0.15, 0.2) is 5.54 Å². The lowest BCUT2D eigenvalue weighted by Crippen LogP contribution is -2.45. The van der Waals surface area contributed by atoms with Gasteiger partial charge >= 0.3 is 6.03 Å². The molecule has 4 heteroatoms. The van der Waals surface area contributed by atoms with Gasteiger partial charge in [-0.15, -0.1) is 0 Å². The van der Waals surface area contributed by atoms with E-state index in [-0.39, 0.29) is 5.91 Å². The maximum atomic E-state index is 12.7.